The molecule has 1 aromatic carbocycles. The molecule has 0 aliphatic heterocycles. The summed E-state index contributed by atoms with van der Waals surface area (Å²) in [5, 5.41) is 0. The summed E-state index contributed by atoms with van der Waals surface area (Å²) >= 11 is 0. The molecule has 0 aliphatic rings. The van der Waals surface area contributed by atoms with Crippen molar-refractivity contribution in [1.82, 2.24) is 4.98 Å². The van der Waals surface area contributed by atoms with Gasteiger partial charge in [-0.15, -0.1) is 0 Å². The Morgan fingerprint density at radius 2 is 1.84 bits per heavy atom. The average Bonchev–Trinajstić information content (AvgIpc) is 2.54. The molecule has 136 valence electrons. The van der Waals surface area contributed by atoms with E-state index < -0.39 is 23.8 Å². The van der Waals surface area contributed by atoms with Gasteiger partial charge in [0.05, 0.1) is 6.61 Å². The highest BCUT2D eigenvalue weighted by atomic mass is 19.3. The second-order valence-electron chi connectivity index (χ2n) is 6.16. The average molecular weight is 356 g/mol. The van der Waals surface area contributed by atoms with Gasteiger partial charge in [-0.3, -0.25) is 4.98 Å². The fourth-order valence-electron chi connectivity index (χ4n) is 2.53. The normalized spacial score (nSPS) is 13.8. The van der Waals surface area contributed by atoms with Crippen molar-refractivity contribution in [2.45, 2.75) is 32.7 Å². The Hall–Kier alpha value is -2.15. The van der Waals surface area contributed by atoms with E-state index in [9.17, 15) is 17.6 Å². The molecule has 0 amide bonds. The minimum atomic E-state index is -2.79. The molecule has 0 bridgehead atoms. The summed E-state index contributed by atoms with van der Waals surface area (Å²) in [5.41, 5.74) is 5.18. The van der Waals surface area contributed by atoms with E-state index in [1.807, 2.05) is 13.8 Å². The van der Waals surface area contributed by atoms with Crippen LogP contribution in [0.4, 0.5) is 17.6 Å². The van der Waals surface area contributed by atoms with E-state index in [4.69, 9.17) is 10.5 Å². The van der Waals surface area contributed by atoms with Gasteiger partial charge < -0.3 is 10.5 Å². The van der Waals surface area contributed by atoms with Crippen molar-refractivity contribution in [1.29, 1.82) is 0 Å². The zero-order chi connectivity index (χ0) is 18.6. The SMILES string of the molecule is CC(N)CC(C)COc1cc(F)c(-c2ccnc(C(F)F)c2)cc1F. The first-order valence-electron chi connectivity index (χ1n) is 7.89. The van der Waals surface area contributed by atoms with E-state index in [0.717, 1.165) is 24.4 Å². The summed E-state index contributed by atoms with van der Waals surface area (Å²) in [6, 6.07) is 4.22. The first kappa shape index (κ1) is 19.2. The lowest BCUT2D eigenvalue weighted by atomic mass is 10.0. The number of hydrogen-bond acceptors (Lipinski definition) is 3. The number of pyridine rings is 1. The molecule has 0 saturated heterocycles. The Bertz CT molecular complexity index is 722. The second kappa shape index (κ2) is 8.29. The third-order valence-electron chi connectivity index (χ3n) is 3.63. The molecule has 1 heterocycles. The van der Waals surface area contributed by atoms with Gasteiger partial charge in [-0.05, 0) is 43.0 Å². The van der Waals surface area contributed by atoms with Gasteiger partial charge in [0.15, 0.2) is 11.6 Å². The van der Waals surface area contributed by atoms with Crippen LogP contribution in [0.15, 0.2) is 30.5 Å². The van der Waals surface area contributed by atoms with Crippen LogP contribution in [0, 0.1) is 17.6 Å². The number of alkyl halides is 2. The first-order chi connectivity index (χ1) is 11.8. The topological polar surface area (TPSA) is 48.1 Å². The molecular formula is C18H20F4N2O. The lowest BCUT2D eigenvalue weighted by molar-refractivity contribution is 0.146. The fraction of sp³-hybridized carbons (Fsp3) is 0.389. The standard InChI is InChI=1S/C18H20F4N2O/c1-10(5-11(2)23)9-25-17-8-14(19)13(7-15(17)20)12-3-4-24-16(6-12)18(21)22/h3-4,6-8,10-11,18H,5,9,23H2,1-2H3. The number of nitrogens with zero attached hydrogens (tertiary/aromatic N) is 1. The maximum atomic E-state index is 14.3. The van der Waals surface area contributed by atoms with E-state index >= 15 is 0 Å². The summed E-state index contributed by atoms with van der Waals surface area (Å²) in [6.45, 7) is 3.95. The first-order valence-corrected chi connectivity index (χ1v) is 7.89. The summed E-state index contributed by atoms with van der Waals surface area (Å²) in [7, 11) is 0. The van der Waals surface area contributed by atoms with Crippen molar-refractivity contribution in [3.63, 3.8) is 0 Å². The molecule has 0 saturated carbocycles. The van der Waals surface area contributed by atoms with Crippen LogP contribution in [-0.4, -0.2) is 17.6 Å². The van der Waals surface area contributed by atoms with Crippen LogP contribution < -0.4 is 10.5 Å². The van der Waals surface area contributed by atoms with Gasteiger partial charge in [-0.1, -0.05) is 6.92 Å². The Morgan fingerprint density at radius 1 is 1.12 bits per heavy atom. The zero-order valence-corrected chi connectivity index (χ0v) is 14.0. The highest BCUT2D eigenvalue weighted by molar-refractivity contribution is 5.65. The van der Waals surface area contributed by atoms with Gasteiger partial charge in [-0.2, -0.15) is 0 Å². The second-order valence-corrected chi connectivity index (χ2v) is 6.16. The van der Waals surface area contributed by atoms with E-state index in [1.54, 1.807) is 0 Å². The van der Waals surface area contributed by atoms with Gasteiger partial charge in [0.1, 0.15) is 11.5 Å². The smallest absolute Gasteiger partial charge is 0.280 e. The van der Waals surface area contributed by atoms with Crippen molar-refractivity contribution in [3.05, 3.63) is 47.8 Å². The number of nitrogens with two attached hydrogens (primary N) is 1. The van der Waals surface area contributed by atoms with Crippen LogP contribution in [0.1, 0.15) is 32.4 Å². The number of ether oxygens (including phenoxy) is 1. The van der Waals surface area contributed by atoms with Crippen molar-refractivity contribution in [3.8, 4) is 16.9 Å². The van der Waals surface area contributed by atoms with Gasteiger partial charge in [0, 0.05) is 23.9 Å². The Kier molecular flexibility index (Phi) is 6.36. The van der Waals surface area contributed by atoms with E-state index in [0.29, 0.717) is 6.42 Å². The Morgan fingerprint density at radius 3 is 2.48 bits per heavy atom. The predicted octanol–water partition coefficient (Wildman–Crippen LogP) is 4.72. The molecule has 0 spiro atoms. The van der Waals surface area contributed by atoms with Crippen LogP contribution in [0.3, 0.4) is 0 Å². The maximum Gasteiger partial charge on any atom is 0.280 e. The molecule has 25 heavy (non-hydrogen) atoms. The molecule has 2 N–H and O–H groups in total. The molecule has 0 fully saturated rings. The van der Waals surface area contributed by atoms with Crippen LogP contribution in [0.5, 0.6) is 5.75 Å². The van der Waals surface area contributed by atoms with Crippen LogP contribution in [0.2, 0.25) is 0 Å². The molecule has 7 heteroatoms. The largest absolute Gasteiger partial charge is 0.490 e. The summed E-state index contributed by atoms with van der Waals surface area (Å²) in [5.74, 6) is -1.67. The summed E-state index contributed by atoms with van der Waals surface area (Å²) in [6.07, 6.45) is -0.967. The molecule has 2 aromatic rings. The Balaban J connectivity index is 2.21. The molecule has 2 unspecified atom stereocenters. The summed E-state index contributed by atoms with van der Waals surface area (Å²) < 4.78 is 59.3. The van der Waals surface area contributed by atoms with Gasteiger partial charge >= 0.3 is 0 Å². The predicted molar refractivity (Wildman–Crippen MR) is 87.5 cm³/mol. The highest BCUT2D eigenvalue weighted by Crippen LogP contribution is 2.31. The van der Waals surface area contributed by atoms with Gasteiger partial charge in [0.25, 0.3) is 6.43 Å². The van der Waals surface area contributed by atoms with E-state index in [-0.39, 0.29) is 35.4 Å². The van der Waals surface area contributed by atoms with Crippen LogP contribution in [0.25, 0.3) is 11.1 Å². The van der Waals surface area contributed by atoms with Crippen molar-refractivity contribution >= 4 is 0 Å². The molecule has 0 radical (unpaired) electrons. The van der Waals surface area contributed by atoms with E-state index in [2.05, 4.69) is 4.98 Å². The molecular weight excluding hydrogens is 336 g/mol. The lowest BCUT2D eigenvalue weighted by Gasteiger charge is -2.16. The molecule has 2 atom stereocenters. The van der Waals surface area contributed by atoms with Crippen molar-refractivity contribution < 1.29 is 22.3 Å². The van der Waals surface area contributed by atoms with Gasteiger partial charge in [-0.25, -0.2) is 17.6 Å². The number of rotatable bonds is 7. The van der Waals surface area contributed by atoms with Crippen molar-refractivity contribution in [2.24, 2.45) is 11.7 Å². The lowest BCUT2D eigenvalue weighted by Crippen LogP contribution is -2.21. The highest BCUT2D eigenvalue weighted by Gasteiger charge is 2.16. The third kappa shape index (κ3) is 5.16. The number of halogens is 4. The molecule has 3 nitrogen and oxygen atoms in total. The molecule has 2 rings (SSSR count). The Labute approximate surface area is 143 Å². The monoisotopic (exact) mass is 356 g/mol. The fourth-order valence-corrected chi connectivity index (χ4v) is 2.53. The van der Waals surface area contributed by atoms with Gasteiger partial charge in [0.2, 0.25) is 0 Å². The quantitative estimate of drug-likeness (QED) is 0.731. The summed E-state index contributed by atoms with van der Waals surface area (Å²) in [4.78, 5) is 3.51. The molecule has 1 aromatic heterocycles. The van der Waals surface area contributed by atoms with E-state index in [1.165, 1.54) is 6.07 Å². The zero-order valence-electron chi connectivity index (χ0n) is 14.0. The number of hydrogen-bond donors (Lipinski definition) is 1. The van der Waals surface area contributed by atoms with Crippen LogP contribution >= 0.6 is 0 Å². The van der Waals surface area contributed by atoms with Crippen molar-refractivity contribution in [2.75, 3.05) is 6.61 Å². The number of aromatic nitrogens is 1. The minimum absolute atomic E-state index is 0.0155. The third-order valence-corrected chi connectivity index (χ3v) is 3.63. The minimum Gasteiger partial charge on any atom is -0.490 e. The van der Waals surface area contributed by atoms with Crippen LogP contribution in [-0.2, 0) is 0 Å². The maximum absolute atomic E-state index is 14.3. The molecule has 0 aliphatic carbocycles. The number of benzene rings is 1.